The number of hydrogen-bond acceptors (Lipinski definition) is 3. The van der Waals surface area contributed by atoms with Gasteiger partial charge in [0.25, 0.3) is 0 Å². The van der Waals surface area contributed by atoms with Crippen LogP contribution in [-0.4, -0.2) is 28.2 Å². The van der Waals surface area contributed by atoms with Gasteiger partial charge in [0.1, 0.15) is 5.78 Å². The molecule has 0 bridgehead atoms. The second kappa shape index (κ2) is 5.54. The van der Waals surface area contributed by atoms with E-state index in [1.807, 2.05) is 0 Å². The van der Waals surface area contributed by atoms with Crippen LogP contribution < -0.4 is 0 Å². The minimum Gasteiger partial charge on any atom is -0.393 e. The zero-order valence-corrected chi connectivity index (χ0v) is 15.5. The third kappa shape index (κ3) is 2.06. The van der Waals surface area contributed by atoms with Gasteiger partial charge in [-0.05, 0) is 73.0 Å². The number of ketones is 1. The fourth-order valence-electron chi connectivity index (χ4n) is 7.79. The molecule has 0 amide bonds. The molecule has 0 aromatic rings. The Kier molecular flexibility index (Phi) is 3.93. The molecule has 0 radical (unpaired) electrons. The molecule has 0 spiro atoms. The quantitative estimate of drug-likeness (QED) is 0.771. The van der Waals surface area contributed by atoms with Crippen molar-refractivity contribution in [3.05, 3.63) is 0 Å². The molecule has 4 saturated carbocycles. The fraction of sp³-hybridized carbons (Fsp3) is 0.952. The Morgan fingerprint density at radius 3 is 2.38 bits per heavy atom. The number of carbonyl (C=O) groups excluding carboxylic acids is 1. The van der Waals surface area contributed by atoms with Gasteiger partial charge in [-0.2, -0.15) is 0 Å². The van der Waals surface area contributed by atoms with E-state index in [1.165, 1.54) is 0 Å². The van der Waals surface area contributed by atoms with E-state index < -0.39 is 0 Å². The third-order valence-electron chi connectivity index (χ3n) is 9.10. The highest BCUT2D eigenvalue weighted by molar-refractivity contribution is 5.83. The minimum absolute atomic E-state index is 0.0307. The lowest BCUT2D eigenvalue weighted by Crippen LogP contribution is -2.60. The number of aliphatic hydroxyl groups excluding tert-OH is 2. The molecule has 0 aromatic heterocycles. The Morgan fingerprint density at radius 2 is 1.67 bits per heavy atom. The lowest BCUT2D eigenvalue weighted by Gasteiger charge is -2.61. The molecule has 24 heavy (non-hydrogen) atoms. The molecular formula is C21H34O3. The van der Waals surface area contributed by atoms with Crippen molar-refractivity contribution in [1.82, 2.24) is 0 Å². The highest BCUT2D eigenvalue weighted by atomic mass is 16.3. The molecule has 4 rings (SSSR count). The maximum atomic E-state index is 13.2. The number of hydrogen-bond donors (Lipinski definition) is 2. The van der Waals surface area contributed by atoms with Crippen LogP contribution in [0.5, 0.6) is 0 Å². The predicted octanol–water partition coefficient (Wildman–Crippen LogP) is 3.57. The van der Waals surface area contributed by atoms with Gasteiger partial charge in [0, 0.05) is 12.3 Å². The second-order valence-corrected chi connectivity index (χ2v) is 9.85. The molecule has 0 aromatic carbocycles. The van der Waals surface area contributed by atoms with Crippen LogP contribution in [0.25, 0.3) is 0 Å². The van der Waals surface area contributed by atoms with Gasteiger partial charge in [0.2, 0.25) is 0 Å². The number of carbonyl (C=O) groups is 1. The van der Waals surface area contributed by atoms with Gasteiger partial charge in [-0.15, -0.1) is 0 Å². The maximum Gasteiger partial charge on any atom is 0.137 e. The first kappa shape index (κ1) is 17.0. The largest absolute Gasteiger partial charge is 0.393 e. The van der Waals surface area contributed by atoms with Crippen LogP contribution in [0.2, 0.25) is 0 Å². The Balaban J connectivity index is 1.70. The molecular weight excluding hydrogens is 300 g/mol. The smallest absolute Gasteiger partial charge is 0.137 e. The van der Waals surface area contributed by atoms with Crippen molar-refractivity contribution < 1.29 is 15.0 Å². The molecule has 0 saturated heterocycles. The van der Waals surface area contributed by atoms with Gasteiger partial charge in [-0.25, -0.2) is 0 Å². The number of fused-ring (bicyclic) bond motifs is 5. The molecule has 4 aliphatic carbocycles. The lowest BCUT2D eigenvalue weighted by molar-refractivity contribution is -0.172. The topological polar surface area (TPSA) is 57.5 Å². The molecule has 136 valence electrons. The lowest BCUT2D eigenvalue weighted by atomic mass is 9.43. The van der Waals surface area contributed by atoms with Crippen molar-refractivity contribution >= 4 is 5.78 Å². The molecule has 3 nitrogen and oxygen atoms in total. The summed E-state index contributed by atoms with van der Waals surface area (Å²) in [6.07, 6.45) is 7.24. The first-order valence-electron chi connectivity index (χ1n) is 10.2. The number of Topliss-reactive ketones (excluding diaryl/α,β-unsaturated/α-hetero) is 1. The monoisotopic (exact) mass is 334 g/mol. The van der Waals surface area contributed by atoms with E-state index in [9.17, 15) is 15.0 Å². The van der Waals surface area contributed by atoms with E-state index in [2.05, 4.69) is 20.8 Å². The van der Waals surface area contributed by atoms with E-state index in [0.29, 0.717) is 30.0 Å². The van der Waals surface area contributed by atoms with Crippen LogP contribution in [-0.2, 0) is 4.79 Å². The molecule has 9 atom stereocenters. The summed E-state index contributed by atoms with van der Waals surface area (Å²) < 4.78 is 0. The summed E-state index contributed by atoms with van der Waals surface area (Å²) in [5.41, 5.74) is 0.0950. The highest BCUT2D eigenvalue weighted by Gasteiger charge is 2.63. The Labute approximate surface area is 146 Å². The molecule has 2 N–H and O–H groups in total. The van der Waals surface area contributed by atoms with Crippen molar-refractivity contribution in [2.45, 2.75) is 84.3 Å². The summed E-state index contributed by atoms with van der Waals surface area (Å²) in [5.74, 6) is 2.20. The van der Waals surface area contributed by atoms with E-state index in [4.69, 9.17) is 0 Å². The summed E-state index contributed by atoms with van der Waals surface area (Å²) in [5, 5.41) is 21.0. The van der Waals surface area contributed by atoms with Crippen LogP contribution in [0.1, 0.15) is 72.1 Å². The van der Waals surface area contributed by atoms with E-state index in [0.717, 1.165) is 44.9 Å². The average Bonchev–Trinajstić information content (AvgIpc) is 2.84. The normalized spacial score (nSPS) is 57.2. The fourth-order valence-corrected chi connectivity index (χ4v) is 7.79. The predicted molar refractivity (Wildman–Crippen MR) is 93.3 cm³/mol. The van der Waals surface area contributed by atoms with E-state index in [1.54, 1.807) is 0 Å². The van der Waals surface area contributed by atoms with Crippen molar-refractivity contribution in [2.24, 2.45) is 40.4 Å². The zero-order valence-electron chi connectivity index (χ0n) is 15.5. The van der Waals surface area contributed by atoms with E-state index >= 15 is 0 Å². The summed E-state index contributed by atoms with van der Waals surface area (Å²) in [4.78, 5) is 13.2. The van der Waals surface area contributed by atoms with Gasteiger partial charge >= 0.3 is 0 Å². The van der Waals surface area contributed by atoms with Crippen LogP contribution in [0.15, 0.2) is 0 Å². The number of rotatable bonds is 1. The Hall–Kier alpha value is -0.410. The van der Waals surface area contributed by atoms with Crippen molar-refractivity contribution in [1.29, 1.82) is 0 Å². The molecule has 0 aliphatic heterocycles. The van der Waals surface area contributed by atoms with Crippen molar-refractivity contribution in [3.8, 4) is 0 Å². The van der Waals surface area contributed by atoms with Gasteiger partial charge < -0.3 is 10.2 Å². The molecule has 4 fully saturated rings. The van der Waals surface area contributed by atoms with Gasteiger partial charge in [0.15, 0.2) is 0 Å². The molecule has 4 aliphatic rings. The van der Waals surface area contributed by atoms with Gasteiger partial charge in [-0.1, -0.05) is 27.2 Å². The SMILES string of the molecule is CCC1C(O)CC[C@@]2(C)C1C(=O)C[C@@H]1[C@H]2CC[C@]2(C)C(O)CC[C@@H]12. The second-order valence-electron chi connectivity index (χ2n) is 9.85. The molecule has 3 heteroatoms. The zero-order chi connectivity index (χ0) is 17.3. The van der Waals surface area contributed by atoms with Crippen molar-refractivity contribution in [2.75, 3.05) is 0 Å². The first-order valence-corrected chi connectivity index (χ1v) is 10.2. The van der Waals surface area contributed by atoms with Gasteiger partial charge in [-0.3, -0.25) is 4.79 Å². The van der Waals surface area contributed by atoms with Crippen LogP contribution in [0.4, 0.5) is 0 Å². The molecule has 0 heterocycles. The first-order chi connectivity index (χ1) is 11.3. The molecule has 4 unspecified atom stereocenters. The van der Waals surface area contributed by atoms with Crippen LogP contribution >= 0.6 is 0 Å². The van der Waals surface area contributed by atoms with Crippen LogP contribution in [0, 0.1) is 40.4 Å². The number of aliphatic hydroxyl groups is 2. The minimum atomic E-state index is -0.296. The summed E-state index contributed by atoms with van der Waals surface area (Å²) in [6, 6.07) is 0. The summed E-state index contributed by atoms with van der Waals surface area (Å²) in [7, 11) is 0. The van der Waals surface area contributed by atoms with Gasteiger partial charge in [0.05, 0.1) is 12.2 Å². The van der Waals surface area contributed by atoms with Crippen LogP contribution in [0.3, 0.4) is 0 Å². The summed E-state index contributed by atoms with van der Waals surface area (Å²) >= 11 is 0. The van der Waals surface area contributed by atoms with E-state index in [-0.39, 0.29) is 34.9 Å². The maximum absolute atomic E-state index is 13.2. The average molecular weight is 335 g/mol. The van der Waals surface area contributed by atoms with Crippen molar-refractivity contribution in [3.63, 3.8) is 0 Å². The third-order valence-corrected chi connectivity index (χ3v) is 9.10. The Bertz CT molecular complexity index is 531. The summed E-state index contributed by atoms with van der Waals surface area (Å²) in [6.45, 7) is 6.75. The standard InChI is InChI=1S/C21H34O3/c1-4-12-16(22)8-10-21(3)15-7-9-20(2)14(5-6-18(20)24)13(15)11-17(23)19(12)21/h12-16,18-19,22,24H,4-11H2,1-3H3/t12?,13-,14-,15+,16?,18?,19?,20-,21+/m0/s1. The Morgan fingerprint density at radius 1 is 1.00 bits per heavy atom. The highest BCUT2D eigenvalue weighted by Crippen LogP contribution is 2.66.